The first-order valence-electron chi connectivity index (χ1n) is 11.8. The molecule has 4 aromatic rings. The fraction of sp³-hybridized carbons (Fsp3) is 0.214. The molecule has 1 unspecified atom stereocenters. The summed E-state index contributed by atoms with van der Waals surface area (Å²) in [6.45, 7) is 6.40. The summed E-state index contributed by atoms with van der Waals surface area (Å²) >= 11 is 7.86. The Bertz CT molecular complexity index is 1590. The number of aliphatic imine (C=N–C) groups is 1. The molecular weight excluding hydrogens is 539 g/mol. The minimum absolute atomic E-state index is 0. The molecule has 194 valence electrons. The highest BCUT2D eigenvalue weighted by Crippen LogP contribution is 2.39. The van der Waals surface area contributed by atoms with Crippen LogP contribution in [0.5, 0.6) is 0 Å². The number of thiophene rings is 1. The SMILES string of the molecule is Cc1sc2c(c1C)C(c1ccc(Cl)cc1)=NC(CC(=O)Nc1cccc(C#CCN)c1)c1nnc(C)n1-2.Cl. The number of amides is 1. The third kappa shape index (κ3) is 5.38. The number of hydrogen-bond acceptors (Lipinski definition) is 6. The summed E-state index contributed by atoms with van der Waals surface area (Å²) in [6, 6.07) is 14.5. The lowest BCUT2D eigenvalue weighted by atomic mass is 9.99. The quantitative estimate of drug-likeness (QED) is 0.317. The topological polar surface area (TPSA) is 98.2 Å². The molecule has 38 heavy (non-hydrogen) atoms. The number of nitrogens with zero attached hydrogens (tertiary/aromatic N) is 4. The van der Waals surface area contributed by atoms with Crippen LogP contribution >= 0.6 is 35.3 Å². The Morgan fingerprint density at radius 1 is 1.16 bits per heavy atom. The summed E-state index contributed by atoms with van der Waals surface area (Å²) in [6.07, 6.45) is 0.0981. The lowest BCUT2D eigenvalue weighted by Crippen LogP contribution is -2.17. The monoisotopic (exact) mass is 564 g/mol. The average molecular weight is 566 g/mol. The molecule has 1 aliphatic heterocycles. The van der Waals surface area contributed by atoms with E-state index in [9.17, 15) is 4.79 Å². The van der Waals surface area contributed by atoms with Crippen LogP contribution in [-0.2, 0) is 4.79 Å². The second kappa shape index (κ2) is 11.5. The van der Waals surface area contributed by atoms with Crippen molar-refractivity contribution in [1.29, 1.82) is 0 Å². The molecule has 0 fully saturated rings. The van der Waals surface area contributed by atoms with E-state index in [0.29, 0.717) is 16.5 Å². The number of fused-ring (bicyclic) bond motifs is 3. The standard InChI is InChI=1S/C28H25ClN6OS.ClH/c1-16-17(2)37-28-25(16)26(20-9-11-21(29)12-10-20)32-23(27-34-33-18(3)35(27)28)15-24(36)31-22-8-4-6-19(14-22)7-5-13-30;/h4,6,8-12,14,23H,13,15,30H2,1-3H3,(H,31,36);1H. The van der Waals surface area contributed by atoms with Gasteiger partial charge in [-0.25, -0.2) is 0 Å². The van der Waals surface area contributed by atoms with Gasteiger partial charge < -0.3 is 11.1 Å². The molecule has 0 bridgehead atoms. The molecule has 0 spiro atoms. The summed E-state index contributed by atoms with van der Waals surface area (Å²) in [7, 11) is 0. The normalized spacial score (nSPS) is 13.7. The van der Waals surface area contributed by atoms with Gasteiger partial charge in [-0.3, -0.25) is 14.4 Å². The highest BCUT2D eigenvalue weighted by atomic mass is 35.5. The van der Waals surface area contributed by atoms with Crippen molar-refractivity contribution in [2.24, 2.45) is 10.7 Å². The Balaban J connectivity index is 0.00000336. The van der Waals surface area contributed by atoms with Gasteiger partial charge in [-0.05, 0) is 56.7 Å². The Kier molecular flexibility index (Phi) is 8.34. The van der Waals surface area contributed by atoms with E-state index in [1.807, 2.05) is 60.0 Å². The zero-order valence-electron chi connectivity index (χ0n) is 21.1. The second-order valence-corrected chi connectivity index (χ2v) is 10.4. The Labute approximate surface area is 236 Å². The van der Waals surface area contributed by atoms with E-state index in [1.54, 1.807) is 11.3 Å². The predicted molar refractivity (Wildman–Crippen MR) is 156 cm³/mol. The van der Waals surface area contributed by atoms with Crippen molar-refractivity contribution < 1.29 is 4.79 Å². The zero-order chi connectivity index (χ0) is 26.1. The van der Waals surface area contributed by atoms with Crippen LogP contribution in [0.1, 0.15) is 51.2 Å². The molecule has 3 N–H and O–H groups in total. The number of aromatic nitrogens is 3. The molecule has 1 atom stereocenters. The fourth-order valence-corrected chi connectivity index (χ4v) is 5.69. The number of nitrogens with two attached hydrogens (primary N) is 1. The number of aryl methyl sites for hydroxylation is 2. The summed E-state index contributed by atoms with van der Waals surface area (Å²) in [5, 5.41) is 13.5. The lowest BCUT2D eigenvalue weighted by molar-refractivity contribution is -0.116. The number of rotatable bonds is 4. The van der Waals surface area contributed by atoms with Crippen LogP contribution < -0.4 is 11.1 Å². The summed E-state index contributed by atoms with van der Waals surface area (Å²) < 4.78 is 2.04. The largest absolute Gasteiger partial charge is 0.326 e. The van der Waals surface area contributed by atoms with Crippen molar-refractivity contribution in [2.75, 3.05) is 11.9 Å². The maximum absolute atomic E-state index is 13.2. The van der Waals surface area contributed by atoms with Gasteiger partial charge in [0, 0.05) is 32.3 Å². The van der Waals surface area contributed by atoms with Crippen LogP contribution in [0, 0.1) is 32.6 Å². The Hall–Kier alpha value is -3.48. The van der Waals surface area contributed by atoms with Gasteiger partial charge in [-0.2, -0.15) is 0 Å². The maximum atomic E-state index is 13.2. The highest BCUT2D eigenvalue weighted by molar-refractivity contribution is 7.15. The molecule has 0 saturated carbocycles. The molecule has 1 aliphatic rings. The van der Waals surface area contributed by atoms with E-state index in [4.69, 9.17) is 22.3 Å². The molecule has 2 aromatic heterocycles. The lowest BCUT2D eigenvalue weighted by Gasteiger charge is -2.13. The van der Waals surface area contributed by atoms with E-state index in [0.717, 1.165) is 38.8 Å². The van der Waals surface area contributed by atoms with Gasteiger partial charge in [0.1, 0.15) is 16.9 Å². The van der Waals surface area contributed by atoms with Gasteiger partial charge in [-0.15, -0.1) is 33.9 Å². The third-order valence-corrected chi connectivity index (χ3v) is 7.66. The van der Waals surface area contributed by atoms with Crippen LogP contribution in [-0.4, -0.2) is 32.9 Å². The third-order valence-electron chi connectivity index (χ3n) is 6.22. The number of halogens is 2. The van der Waals surface area contributed by atoms with E-state index >= 15 is 0 Å². The van der Waals surface area contributed by atoms with Gasteiger partial charge in [0.2, 0.25) is 5.91 Å². The Morgan fingerprint density at radius 3 is 2.66 bits per heavy atom. The van der Waals surface area contributed by atoms with Crippen molar-refractivity contribution >= 4 is 52.7 Å². The first-order chi connectivity index (χ1) is 17.9. The van der Waals surface area contributed by atoms with Crippen LogP contribution in [0.25, 0.3) is 5.00 Å². The number of hydrogen-bond donors (Lipinski definition) is 2. The zero-order valence-corrected chi connectivity index (χ0v) is 23.5. The number of nitrogens with one attached hydrogen (secondary N) is 1. The molecule has 3 heterocycles. The maximum Gasteiger partial charge on any atom is 0.227 e. The average Bonchev–Trinajstić information content (AvgIpc) is 3.35. The fourth-order valence-electron chi connectivity index (χ4n) is 4.35. The number of anilines is 1. The van der Waals surface area contributed by atoms with Crippen molar-refractivity contribution in [2.45, 2.75) is 33.2 Å². The van der Waals surface area contributed by atoms with E-state index < -0.39 is 6.04 Å². The molecule has 1 amide bonds. The summed E-state index contributed by atoms with van der Waals surface area (Å²) in [5.41, 5.74) is 10.8. The van der Waals surface area contributed by atoms with Gasteiger partial charge in [-0.1, -0.05) is 41.6 Å². The number of carbonyl (C=O) groups excluding carboxylic acids is 1. The smallest absolute Gasteiger partial charge is 0.227 e. The van der Waals surface area contributed by atoms with Gasteiger partial charge in [0.15, 0.2) is 5.82 Å². The molecular formula is C28H26Cl2N6OS. The molecule has 0 radical (unpaired) electrons. The number of carbonyl (C=O) groups is 1. The van der Waals surface area contributed by atoms with Gasteiger partial charge >= 0.3 is 0 Å². The van der Waals surface area contributed by atoms with Crippen molar-refractivity contribution in [3.8, 4) is 16.8 Å². The van der Waals surface area contributed by atoms with Crippen LogP contribution in [0.4, 0.5) is 5.69 Å². The minimum atomic E-state index is -0.536. The van der Waals surface area contributed by atoms with Crippen molar-refractivity contribution in [3.63, 3.8) is 0 Å². The van der Waals surface area contributed by atoms with E-state index in [1.165, 1.54) is 4.88 Å². The van der Waals surface area contributed by atoms with Gasteiger partial charge in [0.25, 0.3) is 0 Å². The van der Waals surface area contributed by atoms with Crippen LogP contribution in [0.2, 0.25) is 5.02 Å². The second-order valence-electron chi connectivity index (χ2n) is 8.74. The minimum Gasteiger partial charge on any atom is -0.326 e. The van der Waals surface area contributed by atoms with E-state index in [-0.39, 0.29) is 31.3 Å². The predicted octanol–water partition coefficient (Wildman–Crippen LogP) is 5.56. The Morgan fingerprint density at radius 2 is 1.92 bits per heavy atom. The van der Waals surface area contributed by atoms with E-state index in [2.05, 4.69) is 41.2 Å². The van der Waals surface area contributed by atoms with Crippen LogP contribution in [0.3, 0.4) is 0 Å². The van der Waals surface area contributed by atoms with Gasteiger partial charge in [0.05, 0.1) is 18.7 Å². The van der Waals surface area contributed by atoms with Crippen LogP contribution in [0.15, 0.2) is 53.5 Å². The molecule has 0 aliphatic carbocycles. The molecule has 7 nitrogen and oxygen atoms in total. The van der Waals surface area contributed by atoms with Crippen molar-refractivity contribution in [1.82, 2.24) is 14.8 Å². The first kappa shape index (κ1) is 27.6. The van der Waals surface area contributed by atoms with Crippen molar-refractivity contribution in [3.05, 3.63) is 92.3 Å². The number of benzene rings is 2. The molecule has 2 aromatic carbocycles. The highest BCUT2D eigenvalue weighted by Gasteiger charge is 2.32. The molecule has 0 saturated heterocycles. The molecule has 5 rings (SSSR count). The first-order valence-corrected chi connectivity index (χ1v) is 13.0. The summed E-state index contributed by atoms with van der Waals surface area (Å²) in [5.74, 6) is 7.03. The summed E-state index contributed by atoms with van der Waals surface area (Å²) in [4.78, 5) is 19.6. The molecule has 10 heteroatoms.